The van der Waals surface area contributed by atoms with E-state index in [0.717, 1.165) is 3.57 Å². The van der Waals surface area contributed by atoms with Crippen LogP contribution in [0.1, 0.15) is 16.2 Å². The van der Waals surface area contributed by atoms with Crippen molar-refractivity contribution in [1.82, 2.24) is 9.55 Å². The summed E-state index contributed by atoms with van der Waals surface area (Å²) in [6.07, 6.45) is 0. The molecule has 0 aliphatic heterocycles. The summed E-state index contributed by atoms with van der Waals surface area (Å²) < 4.78 is 2.62. The molecule has 1 heterocycles. The Bertz CT molecular complexity index is 955. The van der Waals surface area contributed by atoms with Crippen molar-refractivity contribution >= 4 is 51.8 Å². The molecule has 0 saturated carbocycles. The predicted octanol–water partition coefficient (Wildman–Crippen LogP) is 4.64. The average Bonchev–Trinajstić information content (AvgIpc) is 2.95. The minimum atomic E-state index is -1.22. The summed E-state index contributed by atoms with van der Waals surface area (Å²) in [5.74, 6) is -0.899. The zero-order valence-corrected chi connectivity index (χ0v) is 16.2. The quantitative estimate of drug-likeness (QED) is 0.524. The molecule has 0 radical (unpaired) electrons. The zero-order valence-electron chi connectivity index (χ0n) is 12.6. The largest absolute Gasteiger partial charge is 0.476 e. The van der Waals surface area contributed by atoms with Crippen LogP contribution in [0.5, 0.6) is 0 Å². The van der Waals surface area contributed by atoms with E-state index in [2.05, 4.69) is 27.6 Å². The molecule has 0 bridgehead atoms. The lowest BCUT2D eigenvalue weighted by atomic mass is 10.2. The molecule has 0 unspecified atom stereocenters. The van der Waals surface area contributed by atoms with Crippen LogP contribution in [0.15, 0.2) is 42.5 Å². The second kappa shape index (κ2) is 7.33. The Balaban J connectivity index is 2.34. The monoisotopic (exact) mass is 488 g/mol. The molecule has 0 atom stereocenters. The molecule has 2 N–H and O–H groups in total. The lowest BCUT2D eigenvalue weighted by Crippen LogP contribution is -2.06. The molecule has 0 aliphatic rings. The van der Waals surface area contributed by atoms with Gasteiger partial charge in [0.15, 0.2) is 5.69 Å². The number of hydrogen-bond acceptors (Lipinski definition) is 3. The number of aromatic carboxylic acids is 1. The van der Waals surface area contributed by atoms with Crippen molar-refractivity contribution in [1.29, 1.82) is 0 Å². The highest BCUT2D eigenvalue weighted by molar-refractivity contribution is 14.1. The summed E-state index contributed by atoms with van der Waals surface area (Å²) in [4.78, 5) is 15.8. The van der Waals surface area contributed by atoms with Gasteiger partial charge in [0.05, 0.1) is 17.3 Å². The van der Waals surface area contributed by atoms with E-state index in [1.165, 1.54) is 0 Å². The summed E-state index contributed by atoms with van der Waals surface area (Å²) in [5.41, 5.74) is 1.15. The molecule has 0 spiro atoms. The molecule has 0 fully saturated rings. The molecule has 0 saturated heterocycles. The summed E-state index contributed by atoms with van der Waals surface area (Å²) in [5, 5.41) is 20.0. The third kappa shape index (κ3) is 3.52. The number of carbonyl (C=O) groups is 1. The van der Waals surface area contributed by atoms with Gasteiger partial charge in [0.2, 0.25) is 0 Å². The highest BCUT2D eigenvalue weighted by atomic mass is 127. The number of aromatic nitrogens is 2. The number of nitrogens with zero attached hydrogens (tertiary/aromatic N) is 2. The van der Waals surface area contributed by atoms with Crippen molar-refractivity contribution in [3.8, 4) is 17.1 Å². The topological polar surface area (TPSA) is 75.3 Å². The highest BCUT2D eigenvalue weighted by Gasteiger charge is 2.24. The van der Waals surface area contributed by atoms with Crippen LogP contribution in [-0.2, 0) is 6.61 Å². The van der Waals surface area contributed by atoms with Crippen LogP contribution in [0.25, 0.3) is 17.1 Å². The van der Waals surface area contributed by atoms with Crippen molar-refractivity contribution in [2.75, 3.05) is 0 Å². The van der Waals surface area contributed by atoms with Gasteiger partial charge >= 0.3 is 5.97 Å². The smallest absolute Gasteiger partial charge is 0.356 e. The lowest BCUT2D eigenvalue weighted by molar-refractivity contribution is 0.0687. The van der Waals surface area contributed by atoms with Crippen molar-refractivity contribution in [2.24, 2.45) is 0 Å². The second-order valence-electron chi connectivity index (χ2n) is 5.13. The van der Waals surface area contributed by atoms with Crippen LogP contribution < -0.4 is 0 Å². The fourth-order valence-corrected chi connectivity index (χ4v) is 3.34. The number of hydrogen-bond donors (Lipinski definition) is 2. The summed E-state index contributed by atoms with van der Waals surface area (Å²) in [6, 6.07) is 12.3. The average molecular weight is 489 g/mol. The van der Waals surface area contributed by atoms with E-state index in [1.54, 1.807) is 22.8 Å². The molecule has 5 nitrogen and oxygen atoms in total. The summed E-state index contributed by atoms with van der Waals surface area (Å²) in [7, 11) is 0. The van der Waals surface area contributed by atoms with E-state index < -0.39 is 12.6 Å². The fourth-order valence-electron chi connectivity index (χ4n) is 2.49. The van der Waals surface area contributed by atoms with E-state index >= 15 is 0 Å². The van der Waals surface area contributed by atoms with Crippen LogP contribution in [0.4, 0.5) is 0 Å². The Labute approximate surface area is 167 Å². The summed E-state index contributed by atoms with van der Waals surface area (Å²) in [6.45, 7) is -0.480. The van der Waals surface area contributed by atoms with Gasteiger partial charge in [0, 0.05) is 19.8 Å². The number of carboxylic acid groups (broad SMARTS) is 1. The minimum Gasteiger partial charge on any atom is -0.476 e. The number of halogens is 3. The fraction of sp³-hybridized carbons (Fsp3) is 0.0588. The van der Waals surface area contributed by atoms with Gasteiger partial charge in [0.1, 0.15) is 5.82 Å². The Morgan fingerprint density at radius 2 is 1.84 bits per heavy atom. The molecular weight excluding hydrogens is 478 g/mol. The molecule has 25 heavy (non-hydrogen) atoms. The first-order chi connectivity index (χ1) is 11.9. The van der Waals surface area contributed by atoms with Gasteiger partial charge in [-0.3, -0.25) is 4.57 Å². The van der Waals surface area contributed by atoms with Crippen molar-refractivity contribution in [3.63, 3.8) is 0 Å². The number of rotatable bonds is 4. The third-order valence-corrected chi connectivity index (χ3v) is 4.85. The maximum atomic E-state index is 11.6. The first kappa shape index (κ1) is 18.2. The van der Waals surface area contributed by atoms with Crippen LogP contribution in [0, 0.1) is 3.57 Å². The number of carboxylic acids is 1. The van der Waals surface area contributed by atoms with Crippen LogP contribution in [0.3, 0.4) is 0 Å². The molecule has 8 heteroatoms. The Kier molecular flexibility index (Phi) is 5.33. The molecule has 0 amide bonds. The van der Waals surface area contributed by atoms with Crippen molar-refractivity contribution < 1.29 is 15.0 Å². The number of imidazole rings is 1. The maximum Gasteiger partial charge on any atom is 0.356 e. The molecule has 3 aromatic rings. The minimum absolute atomic E-state index is 0.176. The van der Waals surface area contributed by atoms with Gasteiger partial charge in [-0.05, 0) is 65.1 Å². The second-order valence-corrected chi connectivity index (χ2v) is 7.22. The Morgan fingerprint density at radius 3 is 2.40 bits per heavy atom. The molecule has 3 rings (SSSR count). The Hall–Kier alpha value is -1.61. The van der Waals surface area contributed by atoms with E-state index in [0.29, 0.717) is 27.1 Å². The van der Waals surface area contributed by atoms with Crippen LogP contribution in [0.2, 0.25) is 10.0 Å². The third-order valence-electron chi connectivity index (χ3n) is 3.58. The van der Waals surface area contributed by atoms with Gasteiger partial charge in [-0.15, -0.1) is 0 Å². The number of benzene rings is 2. The van der Waals surface area contributed by atoms with E-state index in [9.17, 15) is 15.0 Å². The van der Waals surface area contributed by atoms with Crippen LogP contribution in [-0.4, -0.2) is 25.7 Å². The van der Waals surface area contributed by atoms with Gasteiger partial charge in [-0.2, -0.15) is 0 Å². The van der Waals surface area contributed by atoms with E-state index in [1.807, 2.05) is 24.3 Å². The molecule has 1 aromatic heterocycles. The summed E-state index contributed by atoms with van der Waals surface area (Å²) >= 11 is 14.4. The van der Waals surface area contributed by atoms with E-state index in [4.69, 9.17) is 23.2 Å². The van der Waals surface area contributed by atoms with Crippen molar-refractivity contribution in [2.45, 2.75) is 6.61 Å². The first-order valence-corrected chi connectivity index (χ1v) is 8.93. The predicted molar refractivity (Wildman–Crippen MR) is 105 cm³/mol. The number of aliphatic hydroxyl groups excluding tert-OH is 1. The van der Waals surface area contributed by atoms with Gasteiger partial charge in [0.25, 0.3) is 0 Å². The molecule has 128 valence electrons. The highest BCUT2D eigenvalue weighted by Crippen LogP contribution is 2.33. The zero-order chi connectivity index (χ0) is 18.1. The van der Waals surface area contributed by atoms with Crippen LogP contribution >= 0.6 is 45.8 Å². The number of aliphatic hydroxyl groups is 1. The Morgan fingerprint density at radius 1 is 1.16 bits per heavy atom. The van der Waals surface area contributed by atoms with Crippen molar-refractivity contribution in [3.05, 3.63) is 67.5 Å². The maximum absolute atomic E-state index is 11.6. The standard InChI is InChI=1S/C17H11Cl2IN2O3/c18-9-1-6-12(13(19)7-9)16-21-15(17(24)25)14(8-23)22(16)11-4-2-10(20)3-5-11/h1-7,23H,8H2,(H,24,25). The molecule has 0 aliphatic carbocycles. The first-order valence-electron chi connectivity index (χ1n) is 7.09. The normalized spacial score (nSPS) is 10.9. The molecule has 2 aromatic carbocycles. The molecular formula is C17H11Cl2IN2O3. The van der Waals surface area contributed by atoms with Gasteiger partial charge < -0.3 is 10.2 Å². The SMILES string of the molecule is O=C(O)c1nc(-c2ccc(Cl)cc2Cl)n(-c2ccc(I)cc2)c1CO. The lowest BCUT2D eigenvalue weighted by Gasteiger charge is -2.12. The van der Waals surface area contributed by atoms with E-state index in [-0.39, 0.29) is 11.4 Å². The van der Waals surface area contributed by atoms with Gasteiger partial charge in [-0.25, -0.2) is 9.78 Å². The van der Waals surface area contributed by atoms with Gasteiger partial charge in [-0.1, -0.05) is 23.2 Å².